The first-order valence-corrected chi connectivity index (χ1v) is 10.4. The van der Waals surface area contributed by atoms with Crippen LogP contribution in [-0.2, 0) is 5.54 Å². The molecule has 0 aromatic heterocycles. The van der Waals surface area contributed by atoms with Crippen molar-refractivity contribution in [3.8, 4) is 0 Å². The van der Waals surface area contributed by atoms with Crippen molar-refractivity contribution >= 4 is 22.0 Å². The van der Waals surface area contributed by atoms with Crippen LogP contribution in [0.3, 0.4) is 0 Å². The van der Waals surface area contributed by atoms with Gasteiger partial charge < -0.3 is 15.3 Å². The zero-order chi connectivity index (χ0) is 19.3. The van der Waals surface area contributed by atoms with Gasteiger partial charge in [-0.25, -0.2) is 4.79 Å². The Labute approximate surface area is 169 Å². The van der Waals surface area contributed by atoms with Crippen LogP contribution in [0.25, 0.3) is 0 Å². The van der Waals surface area contributed by atoms with Crippen LogP contribution in [0.1, 0.15) is 49.8 Å². The second-order valence-electron chi connectivity index (χ2n) is 7.23. The molecule has 1 aliphatic rings. The monoisotopic (exact) mass is 430 g/mol. The lowest BCUT2D eigenvalue weighted by Gasteiger charge is -2.35. The van der Waals surface area contributed by atoms with E-state index in [0.717, 1.165) is 41.4 Å². The molecule has 4 nitrogen and oxygen atoms in total. The summed E-state index contributed by atoms with van der Waals surface area (Å²) in [5, 5.41) is 12.7. The van der Waals surface area contributed by atoms with Crippen LogP contribution in [0.5, 0.6) is 0 Å². The van der Waals surface area contributed by atoms with Crippen LogP contribution in [0.2, 0.25) is 0 Å². The molecular formula is C22H27BrN2O2. The van der Waals surface area contributed by atoms with Crippen molar-refractivity contribution in [2.24, 2.45) is 0 Å². The van der Waals surface area contributed by atoms with Crippen molar-refractivity contribution in [3.63, 3.8) is 0 Å². The number of amides is 2. The molecule has 144 valence electrons. The Bertz CT molecular complexity index is 751. The van der Waals surface area contributed by atoms with Gasteiger partial charge in [0.2, 0.25) is 0 Å². The van der Waals surface area contributed by atoms with Gasteiger partial charge in [0.05, 0.1) is 11.6 Å². The number of aliphatic hydroxyl groups excluding tert-OH is 1. The Morgan fingerprint density at radius 2 is 1.89 bits per heavy atom. The fourth-order valence-electron chi connectivity index (χ4n) is 3.97. The van der Waals surface area contributed by atoms with Gasteiger partial charge >= 0.3 is 6.03 Å². The number of benzene rings is 2. The first kappa shape index (κ1) is 19.9. The maximum atomic E-state index is 13.2. The molecule has 1 aliphatic heterocycles. The van der Waals surface area contributed by atoms with E-state index in [-0.39, 0.29) is 18.7 Å². The third-order valence-electron chi connectivity index (χ3n) is 5.52. The molecule has 5 heteroatoms. The Morgan fingerprint density at radius 3 is 2.56 bits per heavy atom. The molecule has 2 atom stereocenters. The predicted octanol–water partition coefficient (Wildman–Crippen LogP) is 4.98. The van der Waals surface area contributed by atoms with E-state index < -0.39 is 5.54 Å². The summed E-state index contributed by atoms with van der Waals surface area (Å²) >= 11 is 3.47. The number of hydrogen-bond donors (Lipinski definition) is 2. The molecule has 0 bridgehead atoms. The molecule has 27 heavy (non-hydrogen) atoms. The summed E-state index contributed by atoms with van der Waals surface area (Å²) in [5.41, 5.74) is 1.82. The second-order valence-corrected chi connectivity index (χ2v) is 8.15. The number of hydrogen-bond acceptors (Lipinski definition) is 2. The standard InChI is InChI=1S/C22H27BrN2O2/c1-17(18-9-11-20(23)12-10-18)25-15-5-13-22(14-6-16-26,24-21(25)27)19-7-3-2-4-8-19/h2-4,7-12,17,26H,5-6,13-16H2,1H3,(H,24,27). The van der Waals surface area contributed by atoms with Crippen molar-refractivity contribution in [2.75, 3.05) is 13.2 Å². The van der Waals surface area contributed by atoms with Crippen LogP contribution < -0.4 is 5.32 Å². The van der Waals surface area contributed by atoms with Gasteiger partial charge in [-0.3, -0.25) is 0 Å². The quantitative estimate of drug-likeness (QED) is 0.678. The number of halogens is 1. The normalized spacial score (nSPS) is 21.4. The van der Waals surface area contributed by atoms with E-state index in [9.17, 15) is 9.90 Å². The summed E-state index contributed by atoms with van der Waals surface area (Å²) in [7, 11) is 0. The molecule has 2 N–H and O–H groups in total. The molecule has 0 spiro atoms. The Hall–Kier alpha value is -1.85. The molecule has 3 rings (SSSR count). The first-order chi connectivity index (χ1) is 13.1. The fourth-order valence-corrected chi connectivity index (χ4v) is 4.23. The summed E-state index contributed by atoms with van der Waals surface area (Å²) in [6.45, 7) is 2.92. The lowest BCUT2D eigenvalue weighted by atomic mass is 9.82. The average Bonchev–Trinajstić information content (AvgIpc) is 2.86. The number of urea groups is 1. The van der Waals surface area contributed by atoms with E-state index in [2.05, 4.69) is 52.4 Å². The van der Waals surface area contributed by atoms with Gasteiger partial charge in [0.15, 0.2) is 0 Å². The maximum absolute atomic E-state index is 13.2. The summed E-state index contributed by atoms with van der Waals surface area (Å²) in [5.74, 6) is 0. The first-order valence-electron chi connectivity index (χ1n) is 9.56. The van der Waals surface area contributed by atoms with E-state index in [1.165, 1.54) is 0 Å². The smallest absolute Gasteiger partial charge is 0.318 e. The van der Waals surface area contributed by atoms with Crippen LogP contribution in [0.15, 0.2) is 59.1 Å². The molecule has 0 aliphatic carbocycles. The van der Waals surface area contributed by atoms with Crippen LogP contribution >= 0.6 is 15.9 Å². The summed E-state index contributed by atoms with van der Waals surface area (Å²) in [6, 6.07) is 18.3. The van der Waals surface area contributed by atoms with Gasteiger partial charge in [-0.05, 0) is 55.9 Å². The van der Waals surface area contributed by atoms with E-state index in [0.29, 0.717) is 6.42 Å². The van der Waals surface area contributed by atoms with Crippen molar-refractivity contribution in [3.05, 3.63) is 70.2 Å². The van der Waals surface area contributed by atoms with Gasteiger partial charge in [0, 0.05) is 17.6 Å². The number of rotatable bonds is 6. The van der Waals surface area contributed by atoms with Gasteiger partial charge in [-0.1, -0.05) is 58.4 Å². The predicted molar refractivity (Wildman–Crippen MR) is 111 cm³/mol. The maximum Gasteiger partial charge on any atom is 0.318 e. The highest BCUT2D eigenvalue weighted by Crippen LogP contribution is 2.35. The highest BCUT2D eigenvalue weighted by Gasteiger charge is 2.38. The number of nitrogens with one attached hydrogen (secondary N) is 1. The third-order valence-corrected chi connectivity index (χ3v) is 6.05. The van der Waals surface area contributed by atoms with Gasteiger partial charge in [0.25, 0.3) is 0 Å². The van der Waals surface area contributed by atoms with E-state index >= 15 is 0 Å². The van der Waals surface area contributed by atoms with Crippen molar-refractivity contribution in [2.45, 2.75) is 44.2 Å². The van der Waals surface area contributed by atoms with E-state index in [1.807, 2.05) is 35.2 Å². The van der Waals surface area contributed by atoms with Crippen molar-refractivity contribution < 1.29 is 9.90 Å². The van der Waals surface area contributed by atoms with Gasteiger partial charge in [-0.2, -0.15) is 0 Å². The SMILES string of the molecule is CC(c1ccc(Br)cc1)N1CCCC(CCCO)(c2ccccc2)NC1=O. The molecule has 1 fully saturated rings. The minimum Gasteiger partial charge on any atom is -0.396 e. The van der Waals surface area contributed by atoms with Crippen molar-refractivity contribution in [1.29, 1.82) is 0 Å². The topological polar surface area (TPSA) is 52.6 Å². The molecule has 2 aromatic carbocycles. The van der Waals surface area contributed by atoms with E-state index in [4.69, 9.17) is 0 Å². The summed E-state index contributed by atoms with van der Waals surface area (Å²) < 4.78 is 1.03. The molecule has 0 radical (unpaired) electrons. The number of nitrogens with zero attached hydrogens (tertiary/aromatic N) is 1. The molecule has 2 unspecified atom stereocenters. The summed E-state index contributed by atoms with van der Waals surface area (Å²) in [4.78, 5) is 15.1. The summed E-state index contributed by atoms with van der Waals surface area (Å²) in [6.07, 6.45) is 3.18. The van der Waals surface area contributed by atoms with Crippen LogP contribution in [0, 0.1) is 0 Å². The highest BCUT2D eigenvalue weighted by molar-refractivity contribution is 9.10. The number of aliphatic hydroxyl groups is 1. The lowest BCUT2D eigenvalue weighted by molar-refractivity contribution is 0.174. The van der Waals surface area contributed by atoms with Crippen LogP contribution in [-0.4, -0.2) is 29.2 Å². The minimum absolute atomic E-state index is 0.00233. The zero-order valence-electron chi connectivity index (χ0n) is 15.7. The molecular weight excluding hydrogens is 404 g/mol. The minimum atomic E-state index is -0.421. The highest BCUT2D eigenvalue weighted by atomic mass is 79.9. The third kappa shape index (κ3) is 4.53. The van der Waals surface area contributed by atoms with Crippen LogP contribution in [0.4, 0.5) is 4.79 Å². The van der Waals surface area contributed by atoms with Gasteiger partial charge in [-0.15, -0.1) is 0 Å². The second kappa shape index (κ2) is 8.89. The molecule has 1 heterocycles. The Morgan fingerprint density at radius 1 is 1.19 bits per heavy atom. The van der Waals surface area contributed by atoms with E-state index in [1.54, 1.807) is 0 Å². The Balaban J connectivity index is 1.85. The Kier molecular flexibility index (Phi) is 6.55. The molecule has 0 saturated carbocycles. The lowest BCUT2D eigenvalue weighted by Crippen LogP contribution is -2.49. The molecule has 1 saturated heterocycles. The zero-order valence-corrected chi connectivity index (χ0v) is 17.3. The average molecular weight is 431 g/mol. The largest absolute Gasteiger partial charge is 0.396 e. The van der Waals surface area contributed by atoms with Crippen molar-refractivity contribution in [1.82, 2.24) is 10.2 Å². The number of carbonyl (C=O) groups excluding carboxylic acids is 1. The van der Waals surface area contributed by atoms with Gasteiger partial charge in [0.1, 0.15) is 0 Å². The molecule has 2 aromatic rings. The number of carbonyl (C=O) groups is 1. The molecule has 2 amide bonds. The fraction of sp³-hybridized carbons (Fsp3) is 0.409.